The number of aryl methyl sites for hydroxylation is 1. The molecule has 0 saturated heterocycles. The molecule has 0 aliphatic carbocycles. The second-order valence-corrected chi connectivity index (χ2v) is 8.70. The third-order valence-electron chi connectivity index (χ3n) is 6.22. The molecule has 1 atom stereocenters. The van der Waals surface area contributed by atoms with E-state index < -0.39 is 0 Å². The third kappa shape index (κ3) is 11.5. The van der Waals surface area contributed by atoms with Gasteiger partial charge in [0.25, 0.3) is 0 Å². The summed E-state index contributed by atoms with van der Waals surface area (Å²) in [6, 6.07) is 6.65. The fourth-order valence-electron chi connectivity index (χ4n) is 4.04. The molecule has 35 heavy (non-hydrogen) atoms. The highest BCUT2D eigenvalue weighted by molar-refractivity contribution is 5.69. The van der Waals surface area contributed by atoms with E-state index in [-0.39, 0.29) is 12.1 Å². The summed E-state index contributed by atoms with van der Waals surface area (Å²) in [4.78, 5) is 27.3. The van der Waals surface area contributed by atoms with Crippen molar-refractivity contribution in [2.24, 2.45) is 0 Å². The summed E-state index contributed by atoms with van der Waals surface area (Å²) in [7, 11) is 3.09. The van der Waals surface area contributed by atoms with E-state index in [1.54, 1.807) is 18.1 Å². The Labute approximate surface area is 212 Å². The summed E-state index contributed by atoms with van der Waals surface area (Å²) in [5.74, 6) is -0.214. The van der Waals surface area contributed by atoms with Crippen LogP contribution in [0.2, 0.25) is 0 Å². The molecule has 0 radical (unpaired) electrons. The number of rotatable bonds is 19. The molecule has 0 N–H and O–H groups in total. The smallest absolute Gasteiger partial charge is 0.305 e. The highest BCUT2D eigenvalue weighted by Crippen LogP contribution is 2.17. The fourth-order valence-corrected chi connectivity index (χ4v) is 4.04. The molecule has 0 bridgehead atoms. The number of carbonyl (C=O) groups is 2. The lowest BCUT2D eigenvalue weighted by molar-refractivity contribution is -0.140. The summed E-state index contributed by atoms with van der Waals surface area (Å²) in [6.45, 7) is 15.1. The zero-order valence-electron chi connectivity index (χ0n) is 22.1. The molecule has 0 heterocycles. The van der Waals surface area contributed by atoms with Crippen LogP contribution in [0, 0.1) is 6.92 Å². The fraction of sp³-hybridized carbons (Fsp3) is 0.517. The second kappa shape index (κ2) is 17.7. The van der Waals surface area contributed by atoms with Gasteiger partial charge in [0.15, 0.2) is 0 Å². The van der Waals surface area contributed by atoms with Crippen LogP contribution in [0.5, 0.6) is 0 Å². The lowest BCUT2D eigenvalue weighted by atomic mass is 10.0. The zero-order chi connectivity index (χ0) is 26.1. The molecule has 0 aliphatic rings. The first-order valence-corrected chi connectivity index (χ1v) is 12.5. The molecule has 1 rings (SSSR count). The number of amides is 1. The molecule has 1 aromatic carbocycles. The number of esters is 1. The van der Waals surface area contributed by atoms with Crippen LogP contribution in [0.15, 0.2) is 55.3 Å². The molecule has 0 aromatic heterocycles. The Morgan fingerprint density at radius 1 is 1.17 bits per heavy atom. The van der Waals surface area contributed by atoms with Gasteiger partial charge in [-0.15, -0.1) is 6.58 Å². The van der Waals surface area contributed by atoms with Gasteiger partial charge in [0.1, 0.15) is 0 Å². The molecule has 6 nitrogen and oxygen atoms in total. The molecule has 0 spiro atoms. The van der Waals surface area contributed by atoms with Crippen molar-refractivity contribution in [1.29, 1.82) is 0 Å². The van der Waals surface area contributed by atoms with E-state index in [9.17, 15) is 9.59 Å². The summed E-state index contributed by atoms with van der Waals surface area (Å²) >= 11 is 0. The van der Waals surface area contributed by atoms with E-state index in [0.29, 0.717) is 25.8 Å². The molecular formula is C29H44N2O4. The van der Waals surface area contributed by atoms with Crippen LogP contribution in [-0.4, -0.2) is 62.1 Å². The monoisotopic (exact) mass is 484 g/mol. The summed E-state index contributed by atoms with van der Waals surface area (Å²) in [6.07, 6.45) is 10.5. The second-order valence-electron chi connectivity index (χ2n) is 8.70. The molecule has 1 unspecified atom stereocenters. The third-order valence-corrected chi connectivity index (χ3v) is 6.22. The number of ether oxygens (including phenoxy) is 2. The Hall–Kier alpha value is -2.70. The zero-order valence-corrected chi connectivity index (χ0v) is 22.1. The summed E-state index contributed by atoms with van der Waals surface area (Å²) in [5.41, 5.74) is 4.78. The van der Waals surface area contributed by atoms with Crippen molar-refractivity contribution in [1.82, 2.24) is 9.80 Å². The van der Waals surface area contributed by atoms with Crippen LogP contribution in [0.1, 0.15) is 55.7 Å². The highest BCUT2D eigenvalue weighted by Gasteiger charge is 2.17. The van der Waals surface area contributed by atoms with Crippen molar-refractivity contribution in [3.8, 4) is 0 Å². The SMILES string of the molecule is C=C/C=C(\CCCCC(=O)OC)N(C=O)CC(CCN(CC)Cc1ccc(CC=C)c(C)c1)OC. The average molecular weight is 485 g/mol. The van der Waals surface area contributed by atoms with Crippen molar-refractivity contribution < 1.29 is 19.1 Å². The number of unbranched alkanes of at least 4 members (excludes halogenated alkanes) is 1. The van der Waals surface area contributed by atoms with Gasteiger partial charge < -0.3 is 14.4 Å². The van der Waals surface area contributed by atoms with Crippen LogP contribution in [0.3, 0.4) is 0 Å². The first-order chi connectivity index (χ1) is 16.9. The first-order valence-electron chi connectivity index (χ1n) is 12.5. The molecule has 194 valence electrons. The van der Waals surface area contributed by atoms with Crippen molar-refractivity contribution in [3.05, 3.63) is 72.0 Å². The van der Waals surface area contributed by atoms with Crippen molar-refractivity contribution in [3.63, 3.8) is 0 Å². The maximum Gasteiger partial charge on any atom is 0.305 e. The van der Waals surface area contributed by atoms with Crippen LogP contribution >= 0.6 is 0 Å². The summed E-state index contributed by atoms with van der Waals surface area (Å²) in [5, 5.41) is 0. The van der Waals surface area contributed by atoms with Gasteiger partial charge >= 0.3 is 5.97 Å². The number of methoxy groups -OCH3 is 2. The average Bonchev–Trinajstić information content (AvgIpc) is 2.86. The van der Waals surface area contributed by atoms with E-state index in [2.05, 4.69) is 50.1 Å². The van der Waals surface area contributed by atoms with E-state index >= 15 is 0 Å². The van der Waals surface area contributed by atoms with Crippen LogP contribution < -0.4 is 0 Å². The molecule has 1 aromatic rings. The Bertz CT molecular complexity index is 834. The molecule has 0 aliphatic heterocycles. The largest absolute Gasteiger partial charge is 0.469 e. The molecular weight excluding hydrogens is 440 g/mol. The highest BCUT2D eigenvalue weighted by atomic mass is 16.5. The number of nitrogens with zero attached hydrogens (tertiary/aromatic N) is 2. The molecule has 1 amide bonds. The topological polar surface area (TPSA) is 59.1 Å². The van der Waals surface area contributed by atoms with Crippen molar-refractivity contribution in [2.45, 2.75) is 65.0 Å². The van der Waals surface area contributed by atoms with Crippen LogP contribution in [-0.2, 0) is 32.0 Å². The van der Waals surface area contributed by atoms with Gasteiger partial charge in [-0.1, -0.05) is 43.9 Å². The van der Waals surface area contributed by atoms with Crippen molar-refractivity contribution in [2.75, 3.05) is 33.9 Å². The van der Waals surface area contributed by atoms with Crippen LogP contribution in [0.25, 0.3) is 0 Å². The van der Waals surface area contributed by atoms with E-state index in [1.165, 1.54) is 23.8 Å². The van der Waals surface area contributed by atoms with Gasteiger partial charge in [0.05, 0.1) is 19.8 Å². The first kappa shape index (κ1) is 30.3. The molecule has 6 heteroatoms. The van der Waals surface area contributed by atoms with Gasteiger partial charge in [0, 0.05) is 32.3 Å². The Kier molecular flexibility index (Phi) is 15.3. The number of allylic oxidation sites excluding steroid dienone is 4. The molecule has 0 saturated carbocycles. The maximum absolute atomic E-state index is 11.9. The van der Waals surface area contributed by atoms with E-state index in [4.69, 9.17) is 9.47 Å². The van der Waals surface area contributed by atoms with Gasteiger partial charge in [-0.05, 0) is 68.3 Å². The number of hydrogen-bond acceptors (Lipinski definition) is 5. The predicted octanol–water partition coefficient (Wildman–Crippen LogP) is 5.21. The van der Waals surface area contributed by atoms with E-state index in [1.807, 2.05) is 12.2 Å². The van der Waals surface area contributed by atoms with Gasteiger partial charge in [-0.3, -0.25) is 14.5 Å². The van der Waals surface area contributed by atoms with Crippen LogP contribution in [0.4, 0.5) is 0 Å². The van der Waals surface area contributed by atoms with Crippen molar-refractivity contribution >= 4 is 12.4 Å². The molecule has 0 fully saturated rings. The van der Waals surface area contributed by atoms with Gasteiger partial charge in [0.2, 0.25) is 6.41 Å². The quantitative estimate of drug-likeness (QED) is 0.0887. The number of carbonyl (C=O) groups excluding carboxylic acids is 2. The Morgan fingerprint density at radius 2 is 1.91 bits per heavy atom. The standard InChI is InChI=1S/C29H44N2O4/c1-7-12-26-17-16-25(20-24(26)4)21-30(9-3)19-18-28(34-5)22-31(23-32)27(13-8-2)14-10-11-15-29(33)35-6/h7-8,13,16-17,20,23,28H,1-2,9-12,14-15,18-19,21-22H2,3-6H3/b27-13+. The van der Waals surface area contributed by atoms with Gasteiger partial charge in [-0.25, -0.2) is 0 Å². The summed E-state index contributed by atoms with van der Waals surface area (Å²) < 4.78 is 10.4. The number of benzene rings is 1. The predicted molar refractivity (Wildman–Crippen MR) is 143 cm³/mol. The number of hydrogen-bond donors (Lipinski definition) is 0. The normalized spacial score (nSPS) is 12.3. The van der Waals surface area contributed by atoms with Gasteiger partial charge in [-0.2, -0.15) is 0 Å². The minimum absolute atomic E-state index is 0.0887. The van der Waals surface area contributed by atoms with E-state index in [0.717, 1.165) is 51.0 Å². The lowest BCUT2D eigenvalue weighted by Crippen LogP contribution is -2.35. The minimum atomic E-state index is -0.214. The maximum atomic E-state index is 11.9. The lowest BCUT2D eigenvalue weighted by Gasteiger charge is -2.28. The minimum Gasteiger partial charge on any atom is -0.469 e. The Balaban J connectivity index is 2.69. The Morgan fingerprint density at radius 3 is 2.49 bits per heavy atom.